The van der Waals surface area contributed by atoms with Crippen LogP contribution in [0.25, 0.3) is 11.4 Å². The third-order valence-corrected chi connectivity index (χ3v) is 6.18. The van der Waals surface area contributed by atoms with Gasteiger partial charge in [0.05, 0.1) is 6.54 Å². The van der Waals surface area contributed by atoms with Gasteiger partial charge < -0.3 is 15.3 Å². The summed E-state index contributed by atoms with van der Waals surface area (Å²) in [4.78, 5) is 19.3. The van der Waals surface area contributed by atoms with Gasteiger partial charge in [-0.25, -0.2) is 4.98 Å². The van der Waals surface area contributed by atoms with E-state index in [2.05, 4.69) is 20.5 Å². The smallest absolute Gasteiger partial charge is 0.255 e. The van der Waals surface area contributed by atoms with E-state index in [-0.39, 0.29) is 12.5 Å². The first-order valence-electron chi connectivity index (χ1n) is 10.8. The Bertz CT molecular complexity index is 803. The predicted molar refractivity (Wildman–Crippen MR) is 111 cm³/mol. The molecule has 29 heavy (non-hydrogen) atoms. The molecule has 2 aliphatic rings. The van der Waals surface area contributed by atoms with Crippen molar-refractivity contribution in [3.8, 4) is 11.4 Å². The van der Waals surface area contributed by atoms with Crippen molar-refractivity contribution in [2.24, 2.45) is 5.92 Å². The molecule has 1 amide bonds. The number of hydrogen-bond acceptors (Lipinski definition) is 5. The highest BCUT2D eigenvalue weighted by atomic mass is 16.3. The Balaban J connectivity index is 1.30. The van der Waals surface area contributed by atoms with E-state index in [1.165, 1.54) is 32.1 Å². The molecule has 1 aromatic heterocycles. The van der Waals surface area contributed by atoms with E-state index in [1.54, 1.807) is 0 Å². The quantitative estimate of drug-likeness (QED) is 0.667. The largest absolute Gasteiger partial charge is 0.379 e. The Morgan fingerprint density at radius 2 is 1.97 bits per heavy atom. The second-order valence-corrected chi connectivity index (χ2v) is 8.47. The monoisotopic (exact) mass is 397 g/mol. The molecule has 2 heterocycles. The lowest BCUT2D eigenvalue weighted by molar-refractivity contribution is -0.157. The van der Waals surface area contributed by atoms with Crippen LogP contribution in [0.15, 0.2) is 30.3 Å². The van der Waals surface area contributed by atoms with Crippen molar-refractivity contribution >= 4 is 5.91 Å². The highest BCUT2D eigenvalue weighted by Crippen LogP contribution is 2.28. The molecule has 4 rings (SSSR count). The Kier molecular flexibility index (Phi) is 6.25. The summed E-state index contributed by atoms with van der Waals surface area (Å²) in [6.45, 7) is 2.22. The molecular weight excluding hydrogens is 366 g/mol. The van der Waals surface area contributed by atoms with E-state index in [9.17, 15) is 9.90 Å². The molecule has 0 bridgehead atoms. The lowest BCUT2D eigenvalue weighted by Crippen LogP contribution is -2.58. The Morgan fingerprint density at radius 1 is 1.17 bits per heavy atom. The summed E-state index contributed by atoms with van der Waals surface area (Å²) < 4.78 is 0. The molecule has 1 aliphatic carbocycles. The fraction of sp³-hybridized carbons (Fsp3) is 0.591. The highest BCUT2D eigenvalue weighted by molar-refractivity contribution is 5.86. The predicted octanol–water partition coefficient (Wildman–Crippen LogP) is 2.50. The maximum atomic E-state index is 13.0. The SMILES string of the molecule is O=C1N(CC2CCCCC2)CCC[C@@]1(O)CNCc1nc(-c2ccccc2)n[nH]1. The van der Waals surface area contributed by atoms with Gasteiger partial charge in [0.2, 0.25) is 0 Å². The van der Waals surface area contributed by atoms with Gasteiger partial charge in [-0.15, -0.1) is 0 Å². The topological polar surface area (TPSA) is 94.1 Å². The van der Waals surface area contributed by atoms with Gasteiger partial charge in [0.15, 0.2) is 11.4 Å². The van der Waals surface area contributed by atoms with Gasteiger partial charge in [-0.2, -0.15) is 5.10 Å². The van der Waals surface area contributed by atoms with E-state index >= 15 is 0 Å². The minimum atomic E-state index is -1.32. The number of H-pyrrole nitrogens is 1. The van der Waals surface area contributed by atoms with Crippen molar-refractivity contribution < 1.29 is 9.90 Å². The number of likely N-dealkylation sites (tertiary alicyclic amines) is 1. The summed E-state index contributed by atoms with van der Waals surface area (Å²) in [6.07, 6.45) is 7.60. The first kappa shape index (κ1) is 20.0. The van der Waals surface area contributed by atoms with Crippen LogP contribution < -0.4 is 5.32 Å². The van der Waals surface area contributed by atoms with E-state index < -0.39 is 5.60 Å². The number of aromatic amines is 1. The second kappa shape index (κ2) is 9.05. The number of carbonyl (C=O) groups excluding carboxylic acids is 1. The van der Waals surface area contributed by atoms with Crippen molar-refractivity contribution in [1.82, 2.24) is 25.4 Å². The molecule has 7 nitrogen and oxygen atoms in total. The van der Waals surface area contributed by atoms with Crippen LogP contribution in [0.5, 0.6) is 0 Å². The molecule has 0 spiro atoms. The number of carbonyl (C=O) groups is 1. The normalized spacial score (nSPS) is 23.5. The number of aromatic nitrogens is 3. The van der Waals surface area contributed by atoms with Gasteiger partial charge in [0.1, 0.15) is 5.82 Å². The Labute approximate surface area is 171 Å². The van der Waals surface area contributed by atoms with Gasteiger partial charge in [-0.1, -0.05) is 49.6 Å². The zero-order valence-electron chi connectivity index (χ0n) is 16.9. The molecule has 3 N–H and O–H groups in total. The lowest BCUT2D eigenvalue weighted by Gasteiger charge is -2.40. The number of amides is 1. The van der Waals surface area contributed by atoms with Crippen LogP contribution in [-0.4, -0.2) is 56.3 Å². The van der Waals surface area contributed by atoms with E-state index in [0.717, 1.165) is 25.1 Å². The Morgan fingerprint density at radius 3 is 2.76 bits per heavy atom. The van der Waals surface area contributed by atoms with E-state index in [4.69, 9.17) is 0 Å². The summed E-state index contributed by atoms with van der Waals surface area (Å²) in [5.74, 6) is 1.81. The summed E-state index contributed by atoms with van der Waals surface area (Å²) in [5, 5.41) is 21.4. The molecule has 1 atom stereocenters. The second-order valence-electron chi connectivity index (χ2n) is 8.47. The van der Waals surface area contributed by atoms with Crippen molar-refractivity contribution in [2.45, 2.75) is 57.1 Å². The maximum Gasteiger partial charge on any atom is 0.255 e. The molecule has 7 heteroatoms. The lowest BCUT2D eigenvalue weighted by atomic mass is 9.86. The molecule has 2 aromatic rings. The molecule has 1 saturated carbocycles. The van der Waals surface area contributed by atoms with Crippen molar-refractivity contribution in [3.05, 3.63) is 36.2 Å². The van der Waals surface area contributed by atoms with Gasteiger partial charge >= 0.3 is 0 Å². The van der Waals surface area contributed by atoms with Gasteiger partial charge in [-0.05, 0) is 31.6 Å². The fourth-order valence-corrected chi connectivity index (χ4v) is 4.56. The molecule has 1 saturated heterocycles. The molecule has 156 valence electrons. The number of rotatable bonds is 7. The third-order valence-electron chi connectivity index (χ3n) is 6.18. The first-order valence-corrected chi connectivity index (χ1v) is 10.8. The van der Waals surface area contributed by atoms with Crippen LogP contribution in [0.4, 0.5) is 0 Å². The first-order chi connectivity index (χ1) is 14.1. The summed E-state index contributed by atoms with van der Waals surface area (Å²) in [5.41, 5.74) is -0.371. The molecule has 0 radical (unpaired) electrons. The summed E-state index contributed by atoms with van der Waals surface area (Å²) in [7, 11) is 0. The standard InChI is InChI=1S/C22H31N5O2/c28-21-22(29,12-7-13-27(21)15-17-8-3-1-4-9-17)16-23-14-19-24-20(26-25-19)18-10-5-2-6-11-18/h2,5-6,10-11,17,23,29H,1,3-4,7-9,12-16H2,(H,24,25,26)/t22-/m1/s1. The van der Waals surface area contributed by atoms with E-state index in [1.807, 2.05) is 35.2 Å². The zero-order valence-corrected chi connectivity index (χ0v) is 16.9. The van der Waals surface area contributed by atoms with Crippen LogP contribution in [0.3, 0.4) is 0 Å². The molecule has 1 aromatic carbocycles. The van der Waals surface area contributed by atoms with Crippen LogP contribution in [0, 0.1) is 5.92 Å². The minimum Gasteiger partial charge on any atom is -0.379 e. The van der Waals surface area contributed by atoms with Crippen LogP contribution in [0.2, 0.25) is 0 Å². The fourth-order valence-electron chi connectivity index (χ4n) is 4.56. The number of aliphatic hydroxyl groups is 1. The van der Waals surface area contributed by atoms with E-state index in [0.29, 0.717) is 30.5 Å². The van der Waals surface area contributed by atoms with Gasteiger partial charge in [-0.3, -0.25) is 9.89 Å². The van der Waals surface area contributed by atoms with Crippen molar-refractivity contribution in [2.75, 3.05) is 19.6 Å². The van der Waals surface area contributed by atoms with Crippen LogP contribution >= 0.6 is 0 Å². The van der Waals surface area contributed by atoms with Gasteiger partial charge in [0, 0.05) is 25.2 Å². The van der Waals surface area contributed by atoms with Crippen molar-refractivity contribution in [3.63, 3.8) is 0 Å². The third kappa shape index (κ3) is 4.85. The molecule has 2 fully saturated rings. The number of hydrogen-bond donors (Lipinski definition) is 3. The minimum absolute atomic E-state index is 0.121. The van der Waals surface area contributed by atoms with Crippen molar-refractivity contribution in [1.29, 1.82) is 0 Å². The van der Waals surface area contributed by atoms with Gasteiger partial charge in [0.25, 0.3) is 5.91 Å². The average Bonchev–Trinajstić information content (AvgIpc) is 3.22. The number of benzene rings is 1. The molecular formula is C22H31N5O2. The summed E-state index contributed by atoms with van der Waals surface area (Å²) >= 11 is 0. The number of nitrogens with zero attached hydrogens (tertiary/aromatic N) is 3. The van der Waals surface area contributed by atoms with Crippen LogP contribution in [0.1, 0.15) is 50.8 Å². The molecule has 1 aliphatic heterocycles. The van der Waals surface area contributed by atoms with Crippen LogP contribution in [-0.2, 0) is 11.3 Å². The number of nitrogens with one attached hydrogen (secondary N) is 2. The number of piperidine rings is 1. The Hall–Kier alpha value is -2.25. The zero-order chi connectivity index (χ0) is 20.1. The highest BCUT2D eigenvalue weighted by Gasteiger charge is 2.42. The average molecular weight is 398 g/mol. The molecule has 0 unspecified atom stereocenters. The summed E-state index contributed by atoms with van der Waals surface area (Å²) in [6, 6.07) is 9.78. The maximum absolute atomic E-state index is 13.0.